The smallest absolute Gasteiger partial charge is 0.320 e. The maximum Gasteiger partial charge on any atom is 0.320 e. The molecule has 2 aliphatic rings. The van der Waals surface area contributed by atoms with Crippen LogP contribution in [0, 0.1) is 0 Å². The number of piperazine rings is 1. The van der Waals surface area contributed by atoms with Crippen LogP contribution in [0.15, 0.2) is 0 Å². The van der Waals surface area contributed by atoms with E-state index in [0.717, 1.165) is 13.1 Å². The molecule has 0 aliphatic carbocycles. The van der Waals surface area contributed by atoms with E-state index in [4.69, 9.17) is 0 Å². The van der Waals surface area contributed by atoms with Gasteiger partial charge in [-0.1, -0.05) is 0 Å². The van der Waals surface area contributed by atoms with Crippen molar-refractivity contribution in [2.75, 3.05) is 39.3 Å². The molecule has 110 valence electrons. The Labute approximate surface area is 113 Å². The van der Waals surface area contributed by atoms with E-state index in [0.29, 0.717) is 32.1 Å². The molecule has 4 nitrogen and oxygen atoms in total. The maximum absolute atomic E-state index is 13.3. The number of likely N-dealkylation sites (tertiary alicyclic amines) is 1. The summed E-state index contributed by atoms with van der Waals surface area (Å²) in [5, 5.41) is 0. The van der Waals surface area contributed by atoms with Gasteiger partial charge in [0.15, 0.2) is 0 Å². The number of nitrogens with zero attached hydrogens (tertiary/aromatic N) is 3. The number of hydrogen-bond acceptors (Lipinski definition) is 2. The van der Waals surface area contributed by atoms with E-state index in [1.807, 2.05) is 0 Å². The molecule has 2 amide bonds. The van der Waals surface area contributed by atoms with Gasteiger partial charge in [0.1, 0.15) is 0 Å². The highest BCUT2D eigenvalue weighted by Crippen LogP contribution is 2.27. The maximum atomic E-state index is 13.3. The Morgan fingerprint density at radius 2 is 1.68 bits per heavy atom. The SMILES string of the molecule is CC(C)N1CCN(C(=O)N2CCCC(F)(F)C2)CC1. The lowest BCUT2D eigenvalue weighted by molar-refractivity contribution is -0.0566. The summed E-state index contributed by atoms with van der Waals surface area (Å²) < 4.78 is 26.7. The fraction of sp³-hybridized carbons (Fsp3) is 0.923. The Morgan fingerprint density at radius 1 is 1.05 bits per heavy atom. The summed E-state index contributed by atoms with van der Waals surface area (Å²) in [7, 11) is 0. The van der Waals surface area contributed by atoms with Crippen LogP contribution in [0.2, 0.25) is 0 Å². The van der Waals surface area contributed by atoms with Crippen molar-refractivity contribution >= 4 is 6.03 Å². The average molecular weight is 275 g/mol. The van der Waals surface area contributed by atoms with Crippen molar-refractivity contribution in [2.45, 2.75) is 38.7 Å². The third kappa shape index (κ3) is 3.55. The van der Waals surface area contributed by atoms with E-state index >= 15 is 0 Å². The number of urea groups is 1. The molecule has 19 heavy (non-hydrogen) atoms. The van der Waals surface area contributed by atoms with Crippen molar-refractivity contribution in [1.29, 1.82) is 0 Å². The molecule has 0 aromatic carbocycles. The second-order valence-corrected chi connectivity index (χ2v) is 5.78. The second-order valence-electron chi connectivity index (χ2n) is 5.78. The van der Waals surface area contributed by atoms with Gasteiger partial charge in [0.05, 0.1) is 6.54 Å². The summed E-state index contributed by atoms with van der Waals surface area (Å²) >= 11 is 0. The lowest BCUT2D eigenvalue weighted by Crippen LogP contribution is -2.56. The van der Waals surface area contributed by atoms with Gasteiger partial charge in [-0.3, -0.25) is 4.90 Å². The van der Waals surface area contributed by atoms with Gasteiger partial charge in [-0.15, -0.1) is 0 Å². The second kappa shape index (κ2) is 5.61. The van der Waals surface area contributed by atoms with Crippen molar-refractivity contribution in [3.8, 4) is 0 Å². The molecule has 2 aliphatic heterocycles. The van der Waals surface area contributed by atoms with E-state index in [-0.39, 0.29) is 12.5 Å². The lowest BCUT2D eigenvalue weighted by atomic mass is 10.1. The summed E-state index contributed by atoms with van der Waals surface area (Å²) in [4.78, 5) is 17.5. The van der Waals surface area contributed by atoms with Gasteiger partial charge < -0.3 is 9.80 Å². The molecule has 0 N–H and O–H groups in total. The van der Waals surface area contributed by atoms with Crippen LogP contribution >= 0.6 is 0 Å². The standard InChI is InChI=1S/C13H23F2N3O/c1-11(2)16-6-8-17(9-7-16)12(19)18-5-3-4-13(14,15)10-18/h11H,3-10H2,1-2H3. The third-order valence-electron chi connectivity index (χ3n) is 3.98. The Hall–Kier alpha value is -0.910. The van der Waals surface area contributed by atoms with Gasteiger partial charge in [-0.05, 0) is 20.3 Å². The molecule has 2 saturated heterocycles. The summed E-state index contributed by atoms with van der Waals surface area (Å²) in [5.74, 6) is -2.71. The van der Waals surface area contributed by atoms with Crippen LogP contribution in [0.3, 0.4) is 0 Å². The Bertz CT molecular complexity index is 328. The normalized spacial score (nSPS) is 24.9. The number of amides is 2. The van der Waals surface area contributed by atoms with Crippen molar-refractivity contribution in [3.63, 3.8) is 0 Å². The highest BCUT2D eigenvalue weighted by molar-refractivity contribution is 5.74. The number of alkyl halides is 2. The Balaban J connectivity index is 1.87. The predicted octanol–water partition coefficient (Wildman–Crippen LogP) is 1.86. The largest absolute Gasteiger partial charge is 0.322 e. The topological polar surface area (TPSA) is 26.8 Å². The van der Waals surface area contributed by atoms with Gasteiger partial charge in [0.25, 0.3) is 5.92 Å². The molecule has 0 aromatic rings. The van der Waals surface area contributed by atoms with Crippen molar-refractivity contribution in [1.82, 2.24) is 14.7 Å². The minimum Gasteiger partial charge on any atom is -0.322 e. The molecular weight excluding hydrogens is 252 g/mol. The van der Waals surface area contributed by atoms with E-state index in [1.54, 1.807) is 4.90 Å². The summed E-state index contributed by atoms with van der Waals surface area (Å²) in [6.45, 7) is 7.22. The van der Waals surface area contributed by atoms with Gasteiger partial charge in [-0.2, -0.15) is 0 Å². The summed E-state index contributed by atoms with van der Waals surface area (Å²) in [5.41, 5.74) is 0. The fourth-order valence-corrected chi connectivity index (χ4v) is 2.76. The monoisotopic (exact) mass is 275 g/mol. The number of piperidine rings is 1. The van der Waals surface area contributed by atoms with Crippen molar-refractivity contribution in [2.24, 2.45) is 0 Å². The first-order valence-corrected chi connectivity index (χ1v) is 7.05. The Kier molecular flexibility index (Phi) is 4.28. The number of halogens is 2. The summed E-state index contributed by atoms with van der Waals surface area (Å²) in [6, 6.07) is 0.249. The first-order chi connectivity index (χ1) is 8.89. The molecule has 0 atom stereocenters. The minimum absolute atomic E-state index is 0.0993. The van der Waals surface area contributed by atoms with Crippen molar-refractivity contribution < 1.29 is 13.6 Å². The molecule has 0 aromatic heterocycles. The zero-order chi connectivity index (χ0) is 14.0. The Morgan fingerprint density at radius 3 is 2.21 bits per heavy atom. The van der Waals surface area contributed by atoms with Gasteiger partial charge in [-0.25, -0.2) is 13.6 Å². The number of hydrogen-bond donors (Lipinski definition) is 0. The van der Waals surface area contributed by atoms with E-state index in [1.165, 1.54) is 4.90 Å². The highest BCUT2D eigenvalue weighted by atomic mass is 19.3. The van der Waals surface area contributed by atoms with E-state index in [2.05, 4.69) is 18.7 Å². The molecule has 0 unspecified atom stereocenters. The van der Waals surface area contributed by atoms with E-state index < -0.39 is 12.5 Å². The number of carbonyl (C=O) groups excluding carboxylic acids is 1. The van der Waals surface area contributed by atoms with Gasteiger partial charge >= 0.3 is 6.03 Å². The van der Waals surface area contributed by atoms with Crippen molar-refractivity contribution in [3.05, 3.63) is 0 Å². The molecule has 0 bridgehead atoms. The molecular formula is C13H23F2N3O. The van der Waals surface area contributed by atoms with Crippen LogP contribution in [0.25, 0.3) is 0 Å². The minimum atomic E-state index is -2.71. The van der Waals surface area contributed by atoms with E-state index in [9.17, 15) is 13.6 Å². The zero-order valence-corrected chi connectivity index (χ0v) is 11.7. The van der Waals surface area contributed by atoms with Crippen LogP contribution in [0.1, 0.15) is 26.7 Å². The molecule has 0 radical (unpaired) electrons. The predicted molar refractivity (Wildman–Crippen MR) is 69.4 cm³/mol. The average Bonchev–Trinajstić information content (AvgIpc) is 2.37. The van der Waals surface area contributed by atoms with Crippen LogP contribution in [-0.2, 0) is 0 Å². The first kappa shape index (κ1) is 14.5. The fourth-order valence-electron chi connectivity index (χ4n) is 2.76. The molecule has 2 rings (SSSR count). The zero-order valence-electron chi connectivity index (χ0n) is 11.7. The molecule has 0 saturated carbocycles. The molecule has 2 heterocycles. The highest BCUT2D eigenvalue weighted by Gasteiger charge is 2.38. The number of carbonyl (C=O) groups is 1. The van der Waals surface area contributed by atoms with Gasteiger partial charge in [0.2, 0.25) is 0 Å². The van der Waals surface area contributed by atoms with Gasteiger partial charge in [0, 0.05) is 45.2 Å². The molecule has 0 spiro atoms. The molecule has 6 heteroatoms. The van der Waals surface area contributed by atoms with Crippen LogP contribution < -0.4 is 0 Å². The van der Waals surface area contributed by atoms with Crippen LogP contribution in [0.4, 0.5) is 13.6 Å². The third-order valence-corrected chi connectivity index (χ3v) is 3.98. The van der Waals surface area contributed by atoms with Crippen LogP contribution in [-0.4, -0.2) is 72.0 Å². The lowest BCUT2D eigenvalue weighted by Gasteiger charge is -2.41. The summed E-state index contributed by atoms with van der Waals surface area (Å²) in [6.07, 6.45) is 0.294. The quantitative estimate of drug-likeness (QED) is 0.730. The van der Waals surface area contributed by atoms with Crippen LogP contribution in [0.5, 0.6) is 0 Å². The first-order valence-electron chi connectivity index (χ1n) is 7.05. The molecule has 2 fully saturated rings. The number of rotatable bonds is 1.